The number of rotatable bonds is 9. The van der Waals surface area contributed by atoms with Gasteiger partial charge in [-0.15, -0.1) is 0 Å². The van der Waals surface area contributed by atoms with Crippen molar-refractivity contribution < 1.29 is 18.3 Å². The molecule has 0 radical (unpaired) electrons. The van der Waals surface area contributed by atoms with E-state index in [9.17, 15) is 0 Å². The van der Waals surface area contributed by atoms with Gasteiger partial charge in [0.15, 0.2) is 0 Å². The second-order valence-corrected chi connectivity index (χ2v) is 7.44. The second-order valence-electron chi connectivity index (χ2n) is 4.07. The zero-order valence-electron chi connectivity index (χ0n) is 9.95. The molecule has 1 unspecified atom stereocenters. The van der Waals surface area contributed by atoms with Crippen LogP contribution in [0.1, 0.15) is 13.3 Å². The van der Waals surface area contributed by atoms with Gasteiger partial charge in [-0.1, -0.05) is 0 Å². The van der Waals surface area contributed by atoms with Crippen LogP contribution in [-0.4, -0.2) is 47.7 Å². The number of hydrogen-bond acceptors (Lipinski definition) is 4. The molecule has 0 bridgehead atoms. The molecule has 1 aliphatic heterocycles. The Morgan fingerprint density at radius 3 is 2.60 bits per heavy atom. The molecule has 0 aromatic heterocycles. The average Bonchev–Trinajstić information content (AvgIpc) is 2.94. The van der Waals surface area contributed by atoms with E-state index in [0.717, 1.165) is 39.5 Å². The fraction of sp³-hybridized carbons (Fsp3) is 1.00. The molecule has 1 fully saturated rings. The Morgan fingerprint density at radius 2 is 2.00 bits per heavy atom. The first kappa shape index (κ1) is 13.1. The lowest BCUT2D eigenvalue weighted by atomic mass is 10.5. The van der Waals surface area contributed by atoms with Crippen molar-refractivity contribution in [2.45, 2.75) is 32.5 Å². The highest BCUT2D eigenvalue weighted by Crippen LogP contribution is 2.09. The number of ether oxygens (including phenoxy) is 2. The van der Waals surface area contributed by atoms with Crippen molar-refractivity contribution in [3.63, 3.8) is 0 Å². The van der Waals surface area contributed by atoms with E-state index in [0.29, 0.717) is 6.10 Å². The monoisotopic (exact) mass is 234 g/mol. The molecule has 0 N–H and O–H groups in total. The Labute approximate surface area is 93.1 Å². The van der Waals surface area contributed by atoms with Crippen LogP contribution in [0.3, 0.4) is 0 Å². The van der Waals surface area contributed by atoms with Crippen molar-refractivity contribution in [1.82, 2.24) is 0 Å². The third kappa shape index (κ3) is 7.02. The summed E-state index contributed by atoms with van der Waals surface area (Å²) in [5.74, 6) is 0. The summed E-state index contributed by atoms with van der Waals surface area (Å²) in [5, 5.41) is 0. The molecular weight excluding hydrogens is 212 g/mol. The van der Waals surface area contributed by atoms with E-state index in [1.165, 1.54) is 0 Å². The minimum absolute atomic E-state index is 0.361. The van der Waals surface area contributed by atoms with Crippen LogP contribution in [0.4, 0.5) is 0 Å². The zero-order valence-corrected chi connectivity index (χ0v) is 11.0. The molecule has 1 rings (SSSR count). The van der Waals surface area contributed by atoms with Crippen LogP contribution < -0.4 is 0 Å². The normalized spacial score (nSPS) is 20.6. The SMILES string of the molecule is CCO[Si](C)(C)OCCCOCC1CO1. The van der Waals surface area contributed by atoms with Gasteiger partial charge in [-0.3, -0.25) is 0 Å². The molecule has 0 amide bonds. The molecule has 1 heterocycles. The summed E-state index contributed by atoms with van der Waals surface area (Å²) in [4.78, 5) is 0. The molecule has 4 nitrogen and oxygen atoms in total. The summed E-state index contributed by atoms with van der Waals surface area (Å²) in [7, 11) is -1.85. The predicted molar refractivity (Wildman–Crippen MR) is 60.2 cm³/mol. The van der Waals surface area contributed by atoms with Crippen LogP contribution in [0.5, 0.6) is 0 Å². The predicted octanol–water partition coefficient (Wildman–Crippen LogP) is 1.55. The largest absolute Gasteiger partial charge is 0.395 e. The maximum absolute atomic E-state index is 5.70. The molecule has 0 aromatic rings. The fourth-order valence-electron chi connectivity index (χ4n) is 1.25. The van der Waals surface area contributed by atoms with Gasteiger partial charge in [0.25, 0.3) is 0 Å². The summed E-state index contributed by atoms with van der Waals surface area (Å²) in [5.41, 5.74) is 0. The molecule has 1 atom stereocenters. The average molecular weight is 234 g/mol. The molecule has 0 aromatic carbocycles. The highest BCUT2D eigenvalue weighted by molar-refractivity contribution is 6.64. The first-order chi connectivity index (χ1) is 7.14. The Morgan fingerprint density at radius 1 is 1.27 bits per heavy atom. The van der Waals surface area contributed by atoms with Gasteiger partial charge in [0.1, 0.15) is 6.10 Å². The van der Waals surface area contributed by atoms with Gasteiger partial charge < -0.3 is 18.3 Å². The van der Waals surface area contributed by atoms with Gasteiger partial charge >= 0.3 is 8.56 Å². The third-order valence-corrected chi connectivity index (χ3v) is 3.96. The van der Waals surface area contributed by atoms with Crippen LogP contribution in [0.15, 0.2) is 0 Å². The van der Waals surface area contributed by atoms with Crippen molar-refractivity contribution in [2.75, 3.05) is 33.0 Å². The van der Waals surface area contributed by atoms with Crippen molar-refractivity contribution in [1.29, 1.82) is 0 Å². The minimum Gasteiger partial charge on any atom is -0.395 e. The molecule has 1 aliphatic rings. The van der Waals surface area contributed by atoms with E-state index < -0.39 is 8.56 Å². The van der Waals surface area contributed by atoms with Crippen LogP contribution >= 0.6 is 0 Å². The first-order valence-corrected chi connectivity index (χ1v) is 8.43. The van der Waals surface area contributed by atoms with Crippen molar-refractivity contribution in [3.8, 4) is 0 Å². The lowest BCUT2D eigenvalue weighted by Crippen LogP contribution is -2.35. The maximum Gasteiger partial charge on any atom is 0.331 e. The summed E-state index contributed by atoms with van der Waals surface area (Å²) in [6.07, 6.45) is 1.29. The summed E-state index contributed by atoms with van der Waals surface area (Å²) in [6, 6.07) is 0. The van der Waals surface area contributed by atoms with E-state index in [4.69, 9.17) is 18.3 Å². The van der Waals surface area contributed by atoms with Crippen LogP contribution in [0, 0.1) is 0 Å². The van der Waals surface area contributed by atoms with Crippen molar-refractivity contribution in [2.24, 2.45) is 0 Å². The summed E-state index contributed by atoms with van der Waals surface area (Å²) >= 11 is 0. The van der Waals surface area contributed by atoms with Crippen LogP contribution in [0.2, 0.25) is 13.1 Å². The highest BCUT2D eigenvalue weighted by Gasteiger charge is 2.24. The van der Waals surface area contributed by atoms with Gasteiger partial charge in [0.05, 0.1) is 13.2 Å². The summed E-state index contributed by atoms with van der Waals surface area (Å²) in [6.45, 7) is 9.92. The molecule has 5 heteroatoms. The molecular formula is C10H22O4Si. The highest BCUT2D eigenvalue weighted by atomic mass is 28.4. The summed E-state index contributed by atoms with van der Waals surface area (Å²) < 4.78 is 21.7. The van der Waals surface area contributed by atoms with E-state index in [2.05, 4.69) is 13.1 Å². The van der Waals surface area contributed by atoms with Gasteiger partial charge in [-0.05, 0) is 26.4 Å². The van der Waals surface area contributed by atoms with Crippen LogP contribution in [0.25, 0.3) is 0 Å². The van der Waals surface area contributed by atoms with Crippen molar-refractivity contribution in [3.05, 3.63) is 0 Å². The topological polar surface area (TPSA) is 40.2 Å². The zero-order chi connectivity index (χ0) is 11.1. The maximum atomic E-state index is 5.70. The van der Waals surface area contributed by atoms with Gasteiger partial charge in [-0.25, -0.2) is 0 Å². The third-order valence-electron chi connectivity index (χ3n) is 2.08. The van der Waals surface area contributed by atoms with E-state index in [1.54, 1.807) is 0 Å². The van der Waals surface area contributed by atoms with Gasteiger partial charge in [0.2, 0.25) is 0 Å². The van der Waals surface area contributed by atoms with E-state index in [-0.39, 0.29) is 0 Å². The minimum atomic E-state index is -1.85. The second kappa shape index (κ2) is 6.60. The molecule has 0 saturated carbocycles. The Bertz CT molecular complexity index is 171. The van der Waals surface area contributed by atoms with E-state index >= 15 is 0 Å². The van der Waals surface area contributed by atoms with Crippen LogP contribution in [-0.2, 0) is 18.3 Å². The lowest BCUT2D eigenvalue weighted by Gasteiger charge is -2.21. The Kier molecular flexibility index (Phi) is 5.77. The Balaban J connectivity index is 1.86. The molecule has 0 spiro atoms. The smallest absolute Gasteiger partial charge is 0.331 e. The number of epoxide rings is 1. The van der Waals surface area contributed by atoms with Gasteiger partial charge in [0, 0.05) is 19.8 Å². The fourth-order valence-corrected chi connectivity index (χ4v) is 2.66. The van der Waals surface area contributed by atoms with E-state index in [1.807, 2.05) is 6.92 Å². The molecule has 15 heavy (non-hydrogen) atoms. The molecule has 0 aliphatic carbocycles. The standard InChI is InChI=1S/C10H22O4Si/c1-4-13-15(2,3)14-7-5-6-11-8-10-9-12-10/h10H,4-9H2,1-3H3. The van der Waals surface area contributed by atoms with Crippen molar-refractivity contribution >= 4 is 8.56 Å². The Hall–Kier alpha value is 0.0569. The quantitative estimate of drug-likeness (QED) is 0.345. The molecule has 90 valence electrons. The number of hydrogen-bond donors (Lipinski definition) is 0. The lowest BCUT2D eigenvalue weighted by molar-refractivity contribution is 0.0969. The van der Waals surface area contributed by atoms with Gasteiger partial charge in [-0.2, -0.15) is 0 Å². The first-order valence-electron chi connectivity index (χ1n) is 5.61. The molecule has 1 saturated heterocycles.